The van der Waals surface area contributed by atoms with Gasteiger partial charge in [0.1, 0.15) is 5.75 Å². The molecule has 0 amide bonds. The van der Waals surface area contributed by atoms with E-state index >= 15 is 0 Å². The number of benzene rings is 1. The number of hydrogen-bond donors (Lipinski definition) is 1. The second kappa shape index (κ2) is 5.69. The van der Waals surface area contributed by atoms with Gasteiger partial charge < -0.3 is 10.5 Å². The maximum Gasteiger partial charge on any atom is 0.137 e. The second-order valence-corrected chi connectivity index (χ2v) is 7.10. The van der Waals surface area contributed by atoms with Gasteiger partial charge in [-0.2, -0.15) is 0 Å². The summed E-state index contributed by atoms with van der Waals surface area (Å²) < 4.78 is 6.96. The molecule has 2 nitrogen and oxygen atoms in total. The Hall–Kier alpha value is -0.540. The number of halogens is 1. The van der Waals surface area contributed by atoms with Gasteiger partial charge in [-0.1, -0.05) is 25.3 Å². The summed E-state index contributed by atoms with van der Waals surface area (Å²) in [5, 5.41) is 0. The minimum Gasteiger partial charge on any atom is -0.495 e. The number of rotatable bonds is 3. The van der Waals surface area contributed by atoms with Crippen molar-refractivity contribution in [1.82, 2.24) is 0 Å². The molecule has 0 radical (unpaired) electrons. The average Bonchev–Trinajstić information content (AvgIpc) is 2.96. The molecule has 2 aliphatic carbocycles. The number of aryl methyl sites for hydroxylation is 1. The topological polar surface area (TPSA) is 35.2 Å². The molecule has 2 N–H and O–H groups in total. The molecule has 0 saturated heterocycles. The van der Waals surface area contributed by atoms with E-state index in [1.54, 1.807) is 7.11 Å². The van der Waals surface area contributed by atoms with Crippen molar-refractivity contribution in [1.29, 1.82) is 0 Å². The highest BCUT2D eigenvalue weighted by molar-refractivity contribution is 9.10. The van der Waals surface area contributed by atoms with Gasteiger partial charge in [0.25, 0.3) is 0 Å². The molecule has 0 aromatic heterocycles. The van der Waals surface area contributed by atoms with Crippen LogP contribution in [0.15, 0.2) is 10.5 Å². The van der Waals surface area contributed by atoms with Crippen LogP contribution in [0.1, 0.15) is 55.2 Å². The minimum absolute atomic E-state index is 0.129. The lowest BCUT2D eigenvalue weighted by Gasteiger charge is -2.38. The summed E-state index contributed by atoms with van der Waals surface area (Å²) in [4.78, 5) is 0. The Morgan fingerprint density at radius 1 is 1.20 bits per heavy atom. The van der Waals surface area contributed by atoms with E-state index in [-0.39, 0.29) is 5.41 Å². The fraction of sp³-hybridized carbons (Fsp3) is 0.647. The van der Waals surface area contributed by atoms with Crippen LogP contribution in [-0.2, 0) is 18.3 Å². The number of methoxy groups -OCH3 is 1. The lowest BCUT2D eigenvalue weighted by Crippen LogP contribution is -2.37. The zero-order chi connectivity index (χ0) is 14.2. The van der Waals surface area contributed by atoms with E-state index in [9.17, 15) is 0 Å². The molecule has 0 unspecified atom stereocenters. The number of nitrogens with two attached hydrogens (primary N) is 1. The third kappa shape index (κ3) is 2.19. The SMILES string of the molecule is COc1c(C2(CN)CCCCC2)cc2c(c1Br)CCC2. The molecule has 1 aromatic carbocycles. The minimum atomic E-state index is 0.129. The van der Waals surface area contributed by atoms with E-state index in [1.807, 2.05) is 0 Å². The molecular formula is C17H24BrNO. The maximum absolute atomic E-state index is 6.22. The molecule has 1 saturated carbocycles. The van der Waals surface area contributed by atoms with Crippen molar-refractivity contribution in [3.63, 3.8) is 0 Å². The Kier molecular flexibility index (Phi) is 4.09. The van der Waals surface area contributed by atoms with E-state index in [0.717, 1.165) is 12.3 Å². The molecule has 0 bridgehead atoms. The van der Waals surface area contributed by atoms with E-state index < -0.39 is 0 Å². The van der Waals surface area contributed by atoms with E-state index in [1.165, 1.54) is 72.5 Å². The molecular weight excluding hydrogens is 314 g/mol. The van der Waals surface area contributed by atoms with Gasteiger partial charge in [0.2, 0.25) is 0 Å². The first kappa shape index (κ1) is 14.4. The van der Waals surface area contributed by atoms with Gasteiger partial charge in [-0.05, 0) is 59.2 Å². The molecule has 20 heavy (non-hydrogen) atoms. The van der Waals surface area contributed by atoms with Crippen molar-refractivity contribution in [2.24, 2.45) is 5.73 Å². The van der Waals surface area contributed by atoms with Gasteiger partial charge in [-0.25, -0.2) is 0 Å². The van der Waals surface area contributed by atoms with Gasteiger partial charge in [0.05, 0.1) is 11.6 Å². The third-order valence-electron chi connectivity index (χ3n) is 5.26. The Morgan fingerprint density at radius 3 is 2.60 bits per heavy atom. The molecule has 0 spiro atoms. The summed E-state index contributed by atoms with van der Waals surface area (Å²) in [7, 11) is 1.79. The summed E-state index contributed by atoms with van der Waals surface area (Å²) >= 11 is 3.80. The maximum atomic E-state index is 6.22. The first-order valence-corrected chi connectivity index (χ1v) is 8.60. The second-order valence-electron chi connectivity index (χ2n) is 6.31. The normalized spacial score (nSPS) is 20.8. The van der Waals surface area contributed by atoms with Crippen LogP contribution in [0.5, 0.6) is 5.75 Å². The van der Waals surface area contributed by atoms with Gasteiger partial charge in [0.15, 0.2) is 0 Å². The molecule has 3 heteroatoms. The highest BCUT2D eigenvalue weighted by Crippen LogP contribution is 2.48. The Labute approximate surface area is 130 Å². The van der Waals surface area contributed by atoms with Gasteiger partial charge >= 0.3 is 0 Å². The molecule has 3 rings (SSSR count). The zero-order valence-electron chi connectivity index (χ0n) is 12.3. The lowest BCUT2D eigenvalue weighted by atomic mass is 9.68. The first-order valence-electron chi connectivity index (χ1n) is 7.80. The third-order valence-corrected chi connectivity index (χ3v) is 6.10. The van der Waals surface area contributed by atoms with Crippen molar-refractivity contribution in [2.45, 2.75) is 56.8 Å². The van der Waals surface area contributed by atoms with Gasteiger partial charge in [-0.3, -0.25) is 0 Å². The standard InChI is InChI=1S/C17H24BrNO/c1-20-16-14(17(11-19)8-3-2-4-9-17)10-12-6-5-7-13(12)15(16)18/h10H,2-9,11,19H2,1H3. The molecule has 0 aliphatic heterocycles. The summed E-state index contributed by atoms with van der Waals surface area (Å²) in [5.74, 6) is 1.04. The predicted molar refractivity (Wildman–Crippen MR) is 86.5 cm³/mol. The smallest absolute Gasteiger partial charge is 0.137 e. The van der Waals surface area contributed by atoms with Crippen molar-refractivity contribution >= 4 is 15.9 Å². The Balaban J connectivity index is 2.14. The quantitative estimate of drug-likeness (QED) is 0.900. The van der Waals surface area contributed by atoms with Crippen LogP contribution in [-0.4, -0.2) is 13.7 Å². The van der Waals surface area contributed by atoms with Crippen molar-refractivity contribution < 1.29 is 4.74 Å². The summed E-state index contributed by atoms with van der Waals surface area (Å²) in [5.41, 5.74) is 10.7. The van der Waals surface area contributed by atoms with E-state index in [4.69, 9.17) is 10.5 Å². The fourth-order valence-corrected chi connectivity index (χ4v) is 4.91. The van der Waals surface area contributed by atoms with Crippen LogP contribution >= 0.6 is 15.9 Å². The zero-order valence-corrected chi connectivity index (χ0v) is 13.9. The highest BCUT2D eigenvalue weighted by Gasteiger charge is 2.37. The van der Waals surface area contributed by atoms with Crippen LogP contribution < -0.4 is 10.5 Å². The number of hydrogen-bond acceptors (Lipinski definition) is 2. The lowest BCUT2D eigenvalue weighted by molar-refractivity contribution is 0.287. The molecule has 2 aliphatic rings. The highest BCUT2D eigenvalue weighted by atomic mass is 79.9. The molecule has 1 fully saturated rings. The van der Waals surface area contributed by atoms with Gasteiger partial charge in [0, 0.05) is 17.5 Å². The van der Waals surface area contributed by atoms with Crippen LogP contribution in [0.4, 0.5) is 0 Å². The molecule has 0 heterocycles. The van der Waals surface area contributed by atoms with Crippen LogP contribution in [0.25, 0.3) is 0 Å². The number of ether oxygens (including phenoxy) is 1. The monoisotopic (exact) mass is 337 g/mol. The largest absolute Gasteiger partial charge is 0.495 e. The summed E-state index contributed by atoms with van der Waals surface area (Å²) in [6, 6.07) is 2.41. The van der Waals surface area contributed by atoms with E-state index in [2.05, 4.69) is 22.0 Å². The Bertz CT molecular complexity index is 506. The van der Waals surface area contributed by atoms with Crippen molar-refractivity contribution in [3.05, 3.63) is 27.2 Å². The van der Waals surface area contributed by atoms with Crippen LogP contribution in [0.2, 0.25) is 0 Å². The first-order chi connectivity index (χ1) is 9.72. The average molecular weight is 338 g/mol. The Morgan fingerprint density at radius 2 is 1.95 bits per heavy atom. The predicted octanol–water partition coefficient (Wildman–Crippen LogP) is 4.11. The van der Waals surface area contributed by atoms with Crippen LogP contribution in [0.3, 0.4) is 0 Å². The molecule has 110 valence electrons. The fourth-order valence-electron chi connectivity index (χ4n) is 4.08. The van der Waals surface area contributed by atoms with Gasteiger partial charge in [-0.15, -0.1) is 0 Å². The van der Waals surface area contributed by atoms with E-state index in [0.29, 0.717) is 0 Å². The van der Waals surface area contributed by atoms with Crippen molar-refractivity contribution in [2.75, 3.05) is 13.7 Å². The van der Waals surface area contributed by atoms with Crippen LogP contribution in [0, 0.1) is 0 Å². The molecule has 1 aromatic rings. The summed E-state index contributed by atoms with van der Waals surface area (Å²) in [6.45, 7) is 0.731. The summed E-state index contributed by atoms with van der Waals surface area (Å²) in [6.07, 6.45) is 9.94. The number of fused-ring (bicyclic) bond motifs is 1. The molecule has 0 atom stereocenters. The van der Waals surface area contributed by atoms with Crippen molar-refractivity contribution in [3.8, 4) is 5.75 Å².